The van der Waals surface area contributed by atoms with Crippen LogP contribution in [0.5, 0.6) is 0 Å². The first-order chi connectivity index (χ1) is 4.47. The van der Waals surface area contributed by atoms with Crippen molar-refractivity contribution >= 4 is 11.5 Å². The molecular weight excluding hydrogens is 116 g/mol. The summed E-state index contributed by atoms with van der Waals surface area (Å²) in [5.41, 5.74) is 0.779. The maximum atomic E-state index is 4.03. The number of hydrogen-bond acceptors (Lipinski definition) is 4. The minimum absolute atomic E-state index is 0.664. The Hall–Kier alpha value is -1.32. The van der Waals surface area contributed by atoms with Crippen LogP contribution in [-0.4, -0.2) is 18.1 Å². The summed E-state index contributed by atoms with van der Waals surface area (Å²) in [6.07, 6.45) is 3.81. The van der Waals surface area contributed by atoms with E-state index in [0.717, 1.165) is 5.71 Å². The van der Waals surface area contributed by atoms with E-state index in [0.29, 0.717) is 12.4 Å². The van der Waals surface area contributed by atoms with Gasteiger partial charge in [-0.3, -0.25) is 4.99 Å². The van der Waals surface area contributed by atoms with Crippen molar-refractivity contribution in [3.05, 3.63) is 12.2 Å². The third-order valence-corrected chi connectivity index (χ3v) is 1.14. The molecule has 9 heavy (non-hydrogen) atoms. The third kappa shape index (κ3) is 0.595. The number of amidine groups is 1. The Morgan fingerprint density at radius 1 is 1.44 bits per heavy atom. The lowest BCUT2D eigenvalue weighted by Gasteiger charge is -1.95. The second-order valence-electron chi connectivity index (χ2n) is 1.74. The summed E-state index contributed by atoms with van der Waals surface area (Å²) in [6.45, 7) is 0.702. The Balaban J connectivity index is 2.46. The lowest BCUT2D eigenvalue weighted by atomic mass is 10.3. The highest BCUT2D eigenvalue weighted by Gasteiger charge is 2.11. The second-order valence-corrected chi connectivity index (χ2v) is 1.74. The van der Waals surface area contributed by atoms with Crippen LogP contribution in [-0.2, 0) is 0 Å². The van der Waals surface area contributed by atoms with Gasteiger partial charge in [-0.15, -0.1) is 10.2 Å². The molecule has 4 nitrogen and oxygen atoms in total. The van der Waals surface area contributed by atoms with Gasteiger partial charge in [0.25, 0.3) is 0 Å². The molecule has 2 heterocycles. The zero-order valence-electron chi connectivity index (χ0n) is 4.65. The fourth-order valence-electron chi connectivity index (χ4n) is 0.733. The Bertz CT molecular complexity index is 246. The van der Waals surface area contributed by atoms with E-state index in [4.69, 9.17) is 0 Å². The predicted octanol–water partition coefficient (Wildman–Crippen LogP) is 0.776. The van der Waals surface area contributed by atoms with E-state index >= 15 is 0 Å². The van der Waals surface area contributed by atoms with Gasteiger partial charge >= 0.3 is 0 Å². The molecule has 0 aliphatic carbocycles. The molecule has 0 radical (unpaired) electrons. The van der Waals surface area contributed by atoms with Gasteiger partial charge in [-0.2, -0.15) is 0 Å². The van der Waals surface area contributed by atoms with Crippen LogP contribution < -0.4 is 0 Å². The minimum Gasteiger partial charge on any atom is -0.259 e. The first-order valence-electron chi connectivity index (χ1n) is 2.67. The van der Waals surface area contributed by atoms with Crippen molar-refractivity contribution < 1.29 is 0 Å². The molecule has 0 spiro atoms. The zero-order chi connectivity index (χ0) is 6.10. The molecular formula is C5H4N4. The first kappa shape index (κ1) is 4.55. The lowest BCUT2D eigenvalue weighted by Crippen LogP contribution is -2.08. The fourth-order valence-corrected chi connectivity index (χ4v) is 0.733. The van der Waals surface area contributed by atoms with E-state index in [2.05, 4.69) is 20.4 Å². The van der Waals surface area contributed by atoms with Gasteiger partial charge in [-0.25, -0.2) is 0 Å². The van der Waals surface area contributed by atoms with E-state index < -0.39 is 0 Å². The van der Waals surface area contributed by atoms with Crippen molar-refractivity contribution in [2.45, 2.75) is 0 Å². The number of dihydropyridines is 1. The Morgan fingerprint density at radius 3 is 3.33 bits per heavy atom. The second kappa shape index (κ2) is 1.58. The van der Waals surface area contributed by atoms with Crippen LogP contribution in [0.25, 0.3) is 0 Å². The lowest BCUT2D eigenvalue weighted by molar-refractivity contribution is 1.12. The molecule has 2 rings (SSSR count). The third-order valence-electron chi connectivity index (χ3n) is 1.14. The molecule has 44 valence electrons. The molecule has 0 aromatic heterocycles. The van der Waals surface area contributed by atoms with Gasteiger partial charge in [0.1, 0.15) is 5.71 Å². The molecule has 0 aromatic carbocycles. The van der Waals surface area contributed by atoms with Crippen molar-refractivity contribution in [2.24, 2.45) is 20.4 Å². The molecule has 0 aromatic rings. The van der Waals surface area contributed by atoms with Gasteiger partial charge in [0.15, 0.2) is 5.84 Å². The molecule has 0 fully saturated rings. The van der Waals surface area contributed by atoms with E-state index in [9.17, 15) is 0 Å². The zero-order valence-corrected chi connectivity index (χ0v) is 4.65. The van der Waals surface area contributed by atoms with Crippen LogP contribution in [0, 0.1) is 0 Å². The summed E-state index contributed by atoms with van der Waals surface area (Å²) in [7, 11) is 0. The first-order valence-corrected chi connectivity index (χ1v) is 2.67. The van der Waals surface area contributed by atoms with E-state index in [1.165, 1.54) is 0 Å². The van der Waals surface area contributed by atoms with Crippen molar-refractivity contribution in [3.63, 3.8) is 0 Å². The van der Waals surface area contributed by atoms with Gasteiger partial charge in [0, 0.05) is 0 Å². The highest BCUT2D eigenvalue weighted by Crippen LogP contribution is 2.04. The van der Waals surface area contributed by atoms with Crippen molar-refractivity contribution in [1.82, 2.24) is 0 Å². The summed E-state index contributed by atoms with van der Waals surface area (Å²) < 4.78 is 0. The van der Waals surface area contributed by atoms with E-state index in [1.54, 1.807) is 0 Å². The van der Waals surface area contributed by atoms with Crippen molar-refractivity contribution in [1.29, 1.82) is 0 Å². The monoisotopic (exact) mass is 120 g/mol. The van der Waals surface area contributed by atoms with Crippen molar-refractivity contribution in [3.8, 4) is 0 Å². The average Bonchev–Trinajstić information content (AvgIpc) is 2.33. The van der Waals surface area contributed by atoms with E-state index in [1.807, 2.05) is 12.2 Å². The SMILES string of the molecule is C1=CC2=NN=NC2=NC1. The molecule has 2 aliphatic rings. The normalized spacial score (nSPS) is 21.3. The quantitative estimate of drug-likeness (QED) is 0.453. The van der Waals surface area contributed by atoms with Crippen LogP contribution in [0.2, 0.25) is 0 Å². The molecule has 0 unspecified atom stereocenters. The number of fused-ring (bicyclic) bond motifs is 1. The summed E-state index contributed by atoms with van der Waals surface area (Å²) in [6, 6.07) is 0. The van der Waals surface area contributed by atoms with Crippen LogP contribution in [0.15, 0.2) is 32.6 Å². The summed E-state index contributed by atoms with van der Waals surface area (Å²) >= 11 is 0. The van der Waals surface area contributed by atoms with Gasteiger partial charge in [0.2, 0.25) is 0 Å². The summed E-state index contributed by atoms with van der Waals surface area (Å²) in [5, 5.41) is 10.9. The van der Waals surface area contributed by atoms with Crippen molar-refractivity contribution in [2.75, 3.05) is 6.54 Å². The van der Waals surface area contributed by atoms with Gasteiger partial charge in [0.05, 0.1) is 6.54 Å². The smallest absolute Gasteiger partial charge is 0.199 e. The minimum atomic E-state index is 0.664. The number of hydrogen-bond donors (Lipinski definition) is 0. The Morgan fingerprint density at radius 2 is 2.44 bits per heavy atom. The molecule has 0 saturated carbocycles. The summed E-state index contributed by atoms with van der Waals surface area (Å²) in [5.74, 6) is 0.664. The largest absolute Gasteiger partial charge is 0.259 e. The topological polar surface area (TPSA) is 49.4 Å². The van der Waals surface area contributed by atoms with Crippen LogP contribution in [0.3, 0.4) is 0 Å². The highest BCUT2D eigenvalue weighted by molar-refractivity contribution is 6.47. The molecule has 2 aliphatic heterocycles. The standard InChI is InChI=1S/C5H4N4/c1-2-4-5(6-3-1)8-9-7-4/h1-2H,3H2. The van der Waals surface area contributed by atoms with Crippen LogP contribution >= 0.6 is 0 Å². The Labute approximate surface area is 51.7 Å². The van der Waals surface area contributed by atoms with Gasteiger partial charge < -0.3 is 0 Å². The Kier molecular flexibility index (Phi) is 0.798. The number of nitrogens with zero attached hydrogens (tertiary/aromatic N) is 4. The van der Waals surface area contributed by atoms with Gasteiger partial charge in [-0.1, -0.05) is 6.08 Å². The predicted molar refractivity (Wildman–Crippen MR) is 33.7 cm³/mol. The number of rotatable bonds is 0. The van der Waals surface area contributed by atoms with E-state index in [-0.39, 0.29) is 0 Å². The summed E-state index contributed by atoms with van der Waals surface area (Å²) in [4.78, 5) is 4.03. The van der Waals surface area contributed by atoms with Crippen LogP contribution in [0.1, 0.15) is 0 Å². The highest BCUT2D eigenvalue weighted by atomic mass is 15.4. The van der Waals surface area contributed by atoms with Gasteiger partial charge in [-0.05, 0) is 11.3 Å². The maximum absolute atomic E-state index is 4.03. The molecule has 4 heteroatoms. The number of aliphatic imine (C=N–C) groups is 1. The average molecular weight is 120 g/mol. The molecule has 0 amide bonds. The van der Waals surface area contributed by atoms with Crippen LogP contribution in [0.4, 0.5) is 0 Å². The molecule has 0 saturated heterocycles. The maximum Gasteiger partial charge on any atom is 0.199 e. The molecule has 0 N–H and O–H groups in total. The molecule has 0 bridgehead atoms. The fraction of sp³-hybridized carbons (Fsp3) is 0.200. The molecule has 0 atom stereocenters.